The van der Waals surface area contributed by atoms with Gasteiger partial charge in [0.05, 0.1) is 5.69 Å². The molecule has 2 saturated carbocycles. The van der Waals surface area contributed by atoms with Crippen molar-refractivity contribution in [3.63, 3.8) is 0 Å². The summed E-state index contributed by atoms with van der Waals surface area (Å²) in [7, 11) is 0. The van der Waals surface area contributed by atoms with Crippen LogP contribution in [0, 0.1) is 17.8 Å². The van der Waals surface area contributed by atoms with Crippen molar-refractivity contribution in [2.45, 2.75) is 38.6 Å². The molecular weight excluding hydrogens is 208 g/mol. The Morgan fingerprint density at radius 1 is 1.35 bits per heavy atom. The van der Waals surface area contributed by atoms with Gasteiger partial charge >= 0.3 is 0 Å². The summed E-state index contributed by atoms with van der Waals surface area (Å²) in [6.45, 7) is 3.40. The van der Waals surface area contributed by atoms with E-state index >= 15 is 0 Å². The van der Waals surface area contributed by atoms with Crippen molar-refractivity contribution in [2.24, 2.45) is 17.8 Å². The topological polar surface area (TPSA) is 24.9 Å². The predicted molar refractivity (Wildman–Crippen MR) is 69.6 cm³/mol. The number of pyridine rings is 1. The van der Waals surface area contributed by atoms with Crippen LogP contribution in [0.2, 0.25) is 0 Å². The minimum absolute atomic E-state index is 0.385. The highest BCUT2D eigenvalue weighted by molar-refractivity contribution is 5.07. The minimum Gasteiger partial charge on any atom is -0.309 e. The molecule has 2 fully saturated rings. The van der Waals surface area contributed by atoms with Gasteiger partial charge in [-0.1, -0.05) is 12.5 Å². The molecule has 2 bridgehead atoms. The zero-order valence-electron chi connectivity index (χ0n) is 10.6. The molecule has 1 aromatic rings. The lowest BCUT2D eigenvalue weighted by molar-refractivity contribution is 0.308. The monoisotopic (exact) mass is 230 g/mol. The second kappa shape index (κ2) is 4.77. The van der Waals surface area contributed by atoms with E-state index in [1.165, 1.54) is 32.2 Å². The third-order valence-electron chi connectivity index (χ3n) is 4.70. The highest BCUT2D eigenvalue weighted by Gasteiger charge is 2.39. The second-order valence-corrected chi connectivity index (χ2v) is 5.82. The Bertz CT molecular complexity index is 362. The summed E-state index contributed by atoms with van der Waals surface area (Å²) in [5.41, 5.74) is 1.16. The van der Waals surface area contributed by atoms with Gasteiger partial charge < -0.3 is 5.32 Å². The van der Waals surface area contributed by atoms with Gasteiger partial charge in [0.25, 0.3) is 0 Å². The molecule has 2 nitrogen and oxygen atoms in total. The van der Waals surface area contributed by atoms with E-state index in [0.29, 0.717) is 6.04 Å². The first kappa shape index (κ1) is 11.2. The SMILES string of the molecule is C[C@@H](NCC1CC2CCC1C2)c1ccccn1. The van der Waals surface area contributed by atoms with Crippen molar-refractivity contribution < 1.29 is 0 Å². The van der Waals surface area contributed by atoms with E-state index in [1.807, 2.05) is 12.3 Å². The lowest BCUT2D eigenvalue weighted by atomic mass is 9.88. The Morgan fingerprint density at radius 2 is 2.29 bits per heavy atom. The average Bonchev–Trinajstić information content (AvgIpc) is 2.99. The fourth-order valence-corrected chi connectivity index (χ4v) is 3.69. The minimum atomic E-state index is 0.385. The molecule has 2 aliphatic rings. The van der Waals surface area contributed by atoms with Gasteiger partial charge in [-0.05, 0) is 62.6 Å². The molecule has 0 radical (unpaired) electrons. The molecule has 0 amide bonds. The number of rotatable bonds is 4. The Morgan fingerprint density at radius 3 is 2.94 bits per heavy atom. The molecule has 4 atom stereocenters. The quantitative estimate of drug-likeness (QED) is 0.859. The predicted octanol–water partition coefficient (Wildman–Crippen LogP) is 3.17. The Hall–Kier alpha value is -0.890. The molecule has 1 aromatic heterocycles. The number of hydrogen-bond acceptors (Lipinski definition) is 2. The van der Waals surface area contributed by atoms with Crippen molar-refractivity contribution >= 4 is 0 Å². The second-order valence-electron chi connectivity index (χ2n) is 5.82. The first-order valence-electron chi connectivity index (χ1n) is 6.97. The highest BCUT2D eigenvalue weighted by atomic mass is 14.9. The van der Waals surface area contributed by atoms with Crippen molar-refractivity contribution in [3.05, 3.63) is 30.1 Å². The summed E-state index contributed by atoms with van der Waals surface area (Å²) in [6, 6.07) is 6.54. The number of aromatic nitrogens is 1. The van der Waals surface area contributed by atoms with Crippen LogP contribution in [0.25, 0.3) is 0 Å². The molecule has 1 heterocycles. The number of fused-ring (bicyclic) bond motifs is 2. The Kier molecular flexibility index (Phi) is 3.15. The van der Waals surface area contributed by atoms with Crippen LogP contribution in [-0.4, -0.2) is 11.5 Å². The van der Waals surface area contributed by atoms with Crippen LogP contribution in [0.4, 0.5) is 0 Å². The molecule has 1 N–H and O–H groups in total. The largest absolute Gasteiger partial charge is 0.309 e. The van der Waals surface area contributed by atoms with Crippen LogP contribution in [-0.2, 0) is 0 Å². The molecule has 0 aromatic carbocycles. The van der Waals surface area contributed by atoms with Crippen molar-refractivity contribution in [3.8, 4) is 0 Å². The van der Waals surface area contributed by atoms with Gasteiger partial charge in [-0.2, -0.15) is 0 Å². The third kappa shape index (κ3) is 2.37. The maximum atomic E-state index is 4.41. The molecule has 2 aliphatic carbocycles. The number of nitrogens with one attached hydrogen (secondary N) is 1. The fourth-order valence-electron chi connectivity index (χ4n) is 3.69. The van der Waals surface area contributed by atoms with Gasteiger partial charge in [-0.15, -0.1) is 0 Å². The molecule has 0 spiro atoms. The first-order chi connectivity index (χ1) is 8.33. The standard InChI is InChI=1S/C15H22N2/c1-11(15-4-2-3-7-16-15)17-10-14-9-12-5-6-13(14)8-12/h2-4,7,11-14,17H,5-6,8-10H2,1H3/t11-,12?,13?,14?/m1/s1. The fraction of sp³-hybridized carbons (Fsp3) is 0.667. The van der Waals surface area contributed by atoms with Gasteiger partial charge in [0.15, 0.2) is 0 Å². The molecule has 0 aliphatic heterocycles. The van der Waals surface area contributed by atoms with Crippen LogP contribution in [0.1, 0.15) is 44.3 Å². The van der Waals surface area contributed by atoms with E-state index in [4.69, 9.17) is 0 Å². The van der Waals surface area contributed by atoms with Gasteiger partial charge in [-0.25, -0.2) is 0 Å². The van der Waals surface area contributed by atoms with Crippen LogP contribution in [0.15, 0.2) is 24.4 Å². The lowest BCUT2D eigenvalue weighted by Crippen LogP contribution is -2.29. The summed E-state index contributed by atoms with van der Waals surface area (Å²) in [4.78, 5) is 4.41. The number of nitrogens with zero attached hydrogens (tertiary/aromatic N) is 1. The first-order valence-corrected chi connectivity index (χ1v) is 6.97. The Balaban J connectivity index is 1.51. The van der Waals surface area contributed by atoms with Crippen molar-refractivity contribution in [1.29, 1.82) is 0 Å². The molecule has 92 valence electrons. The van der Waals surface area contributed by atoms with Crippen LogP contribution in [0.3, 0.4) is 0 Å². The maximum Gasteiger partial charge on any atom is 0.0570 e. The van der Waals surface area contributed by atoms with Gasteiger partial charge in [0.1, 0.15) is 0 Å². The van der Waals surface area contributed by atoms with E-state index in [9.17, 15) is 0 Å². The third-order valence-corrected chi connectivity index (χ3v) is 4.70. The molecule has 3 rings (SSSR count). The van der Waals surface area contributed by atoms with Crippen LogP contribution >= 0.6 is 0 Å². The molecule has 17 heavy (non-hydrogen) atoms. The summed E-state index contributed by atoms with van der Waals surface area (Å²) in [5, 5.41) is 3.66. The smallest absolute Gasteiger partial charge is 0.0570 e. The maximum absolute atomic E-state index is 4.41. The summed E-state index contributed by atoms with van der Waals surface area (Å²) >= 11 is 0. The molecule has 2 heteroatoms. The van der Waals surface area contributed by atoms with Crippen LogP contribution < -0.4 is 5.32 Å². The summed E-state index contributed by atoms with van der Waals surface area (Å²) in [5.74, 6) is 3.00. The summed E-state index contributed by atoms with van der Waals surface area (Å²) in [6.07, 6.45) is 7.83. The van der Waals surface area contributed by atoms with Crippen molar-refractivity contribution in [2.75, 3.05) is 6.54 Å². The van der Waals surface area contributed by atoms with Gasteiger partial charge in [0.2, 0.25) is 0 Å². The van der Waals surface area contributed by atoms with E-state index < -0.39 is 0 Å². The van der Waals surface area contributed by atoms with Gasteiger partial charge in [-0.3, -0.25) is 4.98 Å². The zero-order chi connectivity index (χ0) is 11.7. The van der Waals surface area contributed by atoms with E-state index in [-0.39, 0.29) is 0 Å². The molecule has 3 unspecified atom stereocenters. The van der Waals surface area contributed by atoms with E-state index in [2.05, 4.69) is 29.4 Å². The zero-order valence-corrected chi connectivity index (χ0v) is 10.6. The highest BCUT2D eigenvalue weighted by Crippen LogP contribution is 2.48. The normalized spacial score (nSPS) is 32.9. The summed E-state index contributed by atoms with van der Waals surface area (Å²) < 4.78 is 0. The molecule has 0 saturated heterocycles. The van der Waals surface area contributed by atoms with E-state index in [0.717, 1.165) is 23.4 Å². The van der Waals surface area contributed by atoms with E-state index in [1.54, 1.807) is 0 Å². The molecular formula is C15H22N2. The van der Waals surface area contributed by atoms with Crippen LogP contribution in [0.5, 0.6) is 0 Å². The van der Waals surface area contributed by atoms with Crippen molar-refractivity contribution in [1.82, 2.24) is 10.3 Å². The Labute approximate surface area is 104 Å². The lowest BCUT2D eigenvalue weighted by Gasteiger charge is -2.24. The number of hydrogen-bond donors (Lipinski definition) is 1. The average molecular weight is 230 g/mol. The van der Waals surface area contributed by atoms with Gasteiger partial charge in [0, 0.05) is 12.2 Å².